The molecule has 0 fully saturated rings. The van der Waals surface area contributed by atoms with Gasteiger partial charge in [-0.15, -0.1) is 0 Å². The first-order valence-corrected chi connectivity index (χ1v) is 8.98. The first kappa shape index (κ1) is 21.4. The normalized spacial score (nSPS) is 13.1. The molecule has 1 unspecified atom stereocenters. The van der Waals surface area contributed by atoms with Crippen LogP contribution in [0.4, 0.5) is 4.39 Å². The highest BCUT2D eigenvalue weighted by Crippen LogP contribution is 2.22. The van der Waals surface area contributed by atoms with E-state index in [1.54, 1.807) is 24.3 Å². The Balaban J connectivity index is 2.03. The largest absolute Gasteiger partial charge is 0.480 e. The predicted molar refractivity (Wildman–Crippen MR) is 102 cm³/mol. The standard InChI is InChI=1S/C21H24FNO5/c1-13(2)11-18(20(24)25)23-19(21(26)27)12-14-3-7-16(8-4-14)28-17-9-5-15(22)6-10-17/h3-10,13,18-19,23H,11-12H2,1-2H3,(H,24,25)(H,26,27)/t18-,19?/m0/s1. The molecule has 0 aliphatic rings. The van der Waals surface area contributed by atoms with E-state index in [4.69, 9.17) is 4.74 Å². The molecule has 3 N–H and O–H groups in total. The molecule has 2 aromatic rings. The third-order valence-electron chi connectivity index (χ3n) is 4.12. The van der Waals surface area contributed by atoms with Gasteiger partial charge in [0.25, 0.3) is 0 Å². The van der Waals surface area contributed by atoms with E-state index < -0.39 is 24.0 Å². The zero-order valence-corrected chi connectivity index (χ0v) is 15.8. The molecule has 0 aromatic heterocycles. The minimum Gasteiger partial charge on any atom is -0.480 e. The number of carboxylic acid groups (broad SMARTS) is 2. The van der Waals surface area contributed by atoms with Gasteiger partial charge in [-0.25, -0.2) is 4.39 Å². The van der Waals surface area contributed by atoms with E-state index >= 15 is 0 Å². The molecule has 0 amide bonds. The van der Waals surface area contributed by atoms with Crippen molar-refractivity contribution in [2.24, 2.45) is 5.92 Å². The van der Waals surface area contributed by atoms with Gasteiger partial charge in [0.05, 0.1) is 0 Å². The van der Waals surface area contributed by atoms with Crippen molar-refractivity contribution in [3.8, 4) is 11.5 Å². The number of ether oxygens (including phenoxy) is 1. The minimum atomic E-state index is -1.11. The molecule has 0 spiro atoms. The minimum absolute atomic E-state index is 0.117. The number of nitrogens with one attached hydrogen (secondary N) is 1. The summed E-state index contributed by atoms with van der Waals surface area (Å²) in [4.78, 5) is 23.0. The second kappa shape index (κ2) is 9.85. The lowest BCUT2D eigenvalue weighted by molar-refractivity contribution is -0.142. The highest BCUT2D eigenvalue weighted by molar-refractivity contribution is 5.77. The number of rotatable bonds is 10. The van der Waals surface area contributed by atoms with Crippen LogP contribution in [0.15, 0.2) is 48.5 Å². The Labute approximate surface area is 163 Å². The van der Waals surface area contributed by atoms with Gasteiger partial charge in [0.2, 0.25) is 0 Å². The quantitative estimate of drug-likeness (QED) is 0.573. The molecule has 0 saturated carbocycles. The molecule has 150 valence electrons. The van der Waals surface area contributed by atoms with Crippen molar-refractivity contribution >= 4 is 11.9 Å². The van der Waals surface area contributed by atoms with Crippen LogP contribution in [-0.2, 0) is 16.0 Å². The fourth-order valence-corrected chi connectivity index (χ4v) is 2.74. The molecule has 7 heteroatoms. The van der Waals surface area contributed by atoms with Gasteiger partial charge in [0.1, 0.15) is 29.4 Å². The molecule has 2 rings (SSSR count). The lowest BCUT2D eigenvalue weighted by Gasteiger charge is -2.21. The third kappa shape index (κ3) is 6.66. The average molecular weight is 389 g/mol. The van der Waals surface area contributed by atoms with Crippen molar-refractivity contribution < 1.29 is 28.9 Å². The number of hydrogen-bond acceptors (Lipinski definition) is 4. The highest BCUT2D eigenvalue weighted by Gasteiger charge is 2.26. The van der Waals surface area contributed by atoms with Gasteiger partial charge in [0.15, 0.2) is 0 Å². The van der Waals surface area contributed by atoms with Crippen molar-refractivity contribution in [1.29, 1.82) is 0 Å². The van der Waals surface area contributed by atoms with Crippen LogP contribution in [0, 0.1) is 11.7 Å². The van der Waals surface area contributed by atoms with Gasteiger partial charge in [-0.05, 0) is 60.7 Å². The maximum atomic E-state index is 12.9. The molecule has 0 saturated heterocycles. The SMILES string of the molecule is CC(C)C[C@H](NC(Cc1ccc(Oc2ccc(F)cc2)cc1)C(=O)O)C(=O)O. The lowest BCUT2D eigenvalue weighted by Crippen LogP contribution is -2.48. The molecular weight excluding hydrogens is 365 g/mol. The summed E-state index contributed by atoms with van der Waals surface area (Å²) >= 11 is 0. The summed E-state index contributed by atoms with van der Waals surface area (Å²) in [6.07, 6.45) is 0.470. The smallest absolute Gasteiger partial charge is 0.321 e. The van der Waals surface area contributed by atoms with Gasteiger partial charge < -0.3 is 14.9 Å². The maximum Gasteiger partial charge on any atom is 0.321 e. The van der Waals surface area contributed by atoms with E-state index in [0.717, 1.165) is 5.56 Å². The maximum absolute atomic E-state index is 12.9. The summed E-state index contributed by atoms with van der Waals surface area (Å²) < 4.78 is 18.5. The van der Waals surface area contributed by atoms with Gasteiger partial charge in [-0.3, -0.25) is 14.9 Å². The summed E-state index contributed by atoms with van der Waals surface area (Å²) in [7, 11) is 0. The van der Waals surface area contributed by atoms with E-state index in [0.29, 0.717) is 17.9 Å². The van der Waals surface area contributed by atoms with Crippen molar-refractivity contribution in [1.82, 2.24) is 5.32 Å². The van der Waals surface area contributed by atoms with Crippen LogP contribution >= 0.6 is 0 Å². The van der Waals surface area contributed by atoms with Crippen LogP contribution in [0.3, 0.4) is 0 Å². The number of benzene rings is 2. The van der Waals surface area contributed by atoms with E-state index in [-0.39, 0.29) is 18.2 Å². The molecular formula is C21H24FNO5. The van der Waals surface area contributed by atoms with Gasteiger partial charge in [0, 0.05) is 0 Å². The molecule has 0 bridgehead atoms. The fourth-order valence-electron chi connectivity index (χ4n) is 2.74. The molecule has 2 aromatic carbocycles. The van der Waals surface area contributed by atoms with Crippen LogP contribution in [0.5, 0.6) is 11.5 Å². The highest BCUT2D eigenvalue weighted by atomic mass is 19.1. The fraction of sp³-hybridized carbons (Fsp3) is 0.333. The summed E-state index contributed by atoms with van der Waals surface area (Å²) in [5.41, 5.74) is 0.722. The summed E-state index contributed by atoms with van der Waals surface area (Å²) in [6, 6.07) is 10.4. The molecule has 2 atom stereocenters. The van der Waals surface area contributed by atoms with E-state index in [9.17, 15) is 24.2 Å². The Morgan fingerprint density at radius 2 is 1.43 bits per heavy atom. The lowest BCUT2D eigenvalue weighted by atomic mass is 10.0. The summed E-state index contributed by atoms with van der Waals surface area (Å²) in [5, 5.41) is 21.5. The van der Waals surface area contributed by atoms with Crippen molar-refractivity contribution in [3.05, 3.63) is 59.9 Å². The van der Waals surface area contributed by atoms with Gasteiger partial charge in [-0.1, -0.05) is 26.0 Å². The van der Waals surface area contributed by atoms with Gasteiger partial charge in [-0.2, -0.15) is 0 Å². The van der Waals surface area contributed by atoms with Crippen LogP contribution < -0.4 is 10.1 Å². The second-order valence-electron chi connectivity index (χ2n) is 6.98. The third-order valence-corrected chi connectivity index (χ3v) is 4.12. The number of halogens is 1. The second-order valence-corrected chi connectivity index (χ2v) is 6.98. The first-order valence-electron chi connectivity index (χ1n) is 8.98. The first-order chi connectivity index (χ1) is 13.2. The number of carboxylic acids is 2. The molecule has 0 heterocycles. The van der Waals surface area contributed by atoms with Crippen LogP contribution in [-0.4, -0.2) is 34.2 Å². The van der Waals surface area contributed by atoms with Crippen LogP contribution in [0.25, 0.3) is 0 Å². The average Bonchev–Trinajstić information content (AvgIpc) is 2.63. The van der Waals surface area contributed by atoms with Crippen LogP contribution in [0.1, 0.15) is 25.8 Å². The molecule has 0 radical (unpaired) electrons. The summed E-state index contributed by atoms with van der Waals surface area (Å²) in [6.45, 7) is 3.76. The van der Waals surface area contributed by atoms with Gasteiger partial charge >= 0.3 is 11.9 Å². The topological polar surface area (TPSA) is 95.9 Å². The van der Waals surface area contributed by atoms with Crippen molar-refractivity contribution in [2.45, 2.75) is 38.8 Å². The van der Waals surface area contributed by atoms with E-state index in [1.807, 2.05) is 13.8 Å². The zero-order chi connectivity index (χ0) is 20.7. The Kier molecular flexibility index (Phi) is 7.52. The zero-order valence-electron chi connectivity index (χ0n) is 15.8. The molecule has 0 aliphatic carbocycles. The summed E-state index contributed by atoms with van der Waals surface area (Å²) in [5.74, 6) is -1.40. The molecule has 6 nitrogen and oxygen atoms in total. The number of hydrogen-bond donors (Lipinski definition) is 3. The van der Waals surface area contributed by atoms with Crippen molar-refractivity contribution in [3.63, 3.8) is 0 Å². The monoisotopic (exact) mass is 389 g/mol. The van der Waals surface area contributed by atoms with E-state index in [1.165, 1.54) is 24.3 Å². The molecule has 0 aliphatic heterocycles. The number of aliphatic carboxylic acids is 2. The van der Waals surface area contributed by atoms with Crippen molar-refractivity contribution in [2.75, 3.05) is 0 Å². The Morgan fingerprint density at radius 1 is 0.929 bits per heavy atom. The predicted octanol–water partition coefficient (Wildman–Crippen LogP) is 3.70. The Morgan fingerprint density at radius 3 is 1.89 bits per heavy atom. The van der Waals surface area contributed by atoms with Crippen LogP contribution in [0.2, 0.25) is 0 Å². The number of carbonyl (C=O) groups is 2. The Hall–Kier alpha value is -2.93. The van der Waals surface area contributed by atoms with E-state index in [2.05, 4.69) is 5.32 Å². The molecule has 28 heavy (non-hydrogen) atoms. The Bertz CT molecular complexity index is 789.